The van der Waals surface area contributed by atoms with Crippen LogP contribution in [0.4, 0.5) is 4.70 Å². The molecule has 56 valence electrons. The van der Waals surface area contributed by atoms with Crippen LogP contribution >= 0.6 is 0 Å². The van der Waals surface area contributed by atoms with Gasteiger partial charge in [-0.2, -0.15) is 0 Å². The summed E-state index contributed by atoms with van der Waals surface area (Å²) in [5, 5.41) is 0. The highest BCUT2D eigenvalue weighted by atomic mass is 19.0. The van der Waals surface area contributed by atoms with E-state index >= 15 is 0 Å². The minimum Gasteiger partial charge on any atom is -0.269 e. The lowest BCUT2D eigenvalue weighted by atomic mass is 9.95. The average Bonchev–Trinajstić information content (AvgIpc) is 2.12. The zero-order chi connectivity index (χ0) is 5.98. The first-order chi connectivity index (χ1) is 3.80. The van der Waals surface area contributed by atoms with Crippen molar-refractivity contribution in [2.45, 2.75) is 39.5 Å². The lowest BCUT2D eigenvalue weighted by molar-refractivity contribution is 0.396. The van der Waals surface area contributed by atoms with Gasteiger partial charge in [-0.15, -0.1) is 0 Å². The lowest BCUT2D eigenvalue weighted by Crippen LogP contribution is -2.01. The second kappa shape index (κ2) is 3.86. The molecule has 1 fully saturated rings. The second-order valence-electron chi connectivity index (χ2n) is 3.29. The Labute approximate surface area is 57.0 Å². The maximum Gasteiger partial charge on any atom is -0.0391 e. The van der Waals surface area contributed by atoms with E-state index in [1.165, 1.54) is 25.7 Å². The van der Waals surface area contributed by atoms with Crippen LogP contribution in [0.3, 0.4) is 0 Å². The topological polar surface area (TPSA) is 0 Å². The Bertz CT molecular complexity index is 63.0. The van der Waals surface area contributed by atoms with Crippen LogP contribution < -0.4 is 0 Å². The minimum absolute atomic E-state index is 0. The third-order valence-electron chi connectivity index (χ3n) is 2.34. The van der Waals surface area contributed by atoms with Gasteiger partial charge in [0, 0.05) is 0 Å². The van der Waals surface area contributed by atoms with Crippen LogP contribution in [0.5, 0.6) is 0 Å². The first-order valence-corrected chi connectivity index (χ1v) is 3.80. The zero-order valence-electron chi connectivity index (χ0n) is 6.39. The van der Waals surface area contributed by atoms with Crippen molar-refractivity contribution in [3.05, 3.63) is 0 Å². The van der Waals surface area contributed by atoms with Gasteiger partial charge in [-0.05, 0) is 11.8 Å². The monoisotopic (exact) mass is 132 g/mol. The normalized spacial score (nSPS) is 20.3. The average molecular weight is 132 g/mol. The van der Waals surface area contributed by atoms with Gasteiger partial charge in [0.15, 0.2) is 0 Å². The third-order valence-corrected chi connectivity index (χ3v) is 2.34. The second-order valence-corrected chi connectivity index (χ2v) is 3.29. The molecule has 9 heavy (non-hydrogen) atoms. The first kappa shape index (κ1) is 8.93. The van der Waals surface area contributed by atoms with Crippen LogP contribution in [0.1, 0.15) is 39.5 Å². The van der Waals surface area contributed by atoms with Crippen LogP contribution in [0, 0.1) is 11.8 Å². The Morgan fingerprint density at radius 1 is 1.11 bits per heavy atom. The molecular weight excluding hydrogens is 115 g/mol. The standard InChI is InChI=1S/C8H16.FH/c1-7(2)8-5-3-4-6-8;/h7-8H,3-6H2,1-2H3;1H. The van der Waals surface area contributed by atoms with Crippen LogP contribution in [-0.2, 0) is 0 Å². The number of rotatable bonds is 1. The Morgan fingerprint density at radius 3 is 1.78 bits per heavy atom. The van der Waals surface area contributed by atoms with Crippen LogP contribution in [0.25, 0.3) is 0 Å². The lowest BCUT2D eigenvalue weighted by Gasteiger charge is -2.11. The van der Waals surface area contributed by atoms with E-state index in [1.807, 2.05) is 0 Å². The van der Waals surface area contributed by atoms with Gasteiger partial charge in [0.1, 0.15) is 0 Å². The molecule has 0 saturated heterocycles. The van der Waals surface area contributed by atoms with E-state index in [1.54, 1.807) is 0 Å². The predicted molar refractivity (Wildman–Crippen MR) is 39.3 cm³/mol. The van der Waals surface area contributed by atoms with E-state index in [9.17, 15) is 0 Å². The van der Waals surface area contributed by atoms with Crippen molar-refractivity contribution in [2.24, 2.45) is 11.8 Å². The number of hydrogen-bond donors (Lipinski definition) is 0. The molecule has 0 aromatic rings. The predicted octanol–water partition coefficient (Wildman–Crippen LogP) is 2.99. The Balaban J connectivity index is 0.000000640. The van der Waals surface area contributed by atoms with Crippen molar-refractivity contribution in [3.63, 3.8) is 0 Å². The first-order valence-electron chi connectivity index (χ1n) is 3.80. The largest absolute Gasteiger partial charge is 0.269 e. The van der Waals surface area contributed by atoms with E-state index in [0.29, 0.717) is 0 Å². The Kier molecular flexibility index (Phi) is 3.83. The maximum atomic E-state index is 2.34. The Morgan fingerprint density at radius 2 is 1.56 bits per heavy atom. The molecule has 0 aromatic carbocycles. The molecule has 0 aromatic heterocycles. The molecule has 0 nitrogen and oxygen atoms in total. The highest BCUT2D eigenvalue weighted by molar-refractivity contribution is 4.69. The molecule has 0 aliphatic heterocycles. The fourth-order valence-electron chi connectivity index (χ4n) is 1.62. The summed E-state index contributed by atoms with van der Waals surface area (Å²) in [6.45, 7) is 4.69. The van der Waals surface area contributed by atoms with Gasteiger partial charge in [0.25, 0.3) is 0 Å². The molecular formula is C8H17F. The highest BCUT2D eigenvalue weighted by Gasteiger charge is 2.17. The SMILES string of the molecule is CC(C)C1CCCC1.F. The Hall–Kier alpha value is -0.0700. The summed E-state index contributed by atoms with van der Waals surface area (Å²) in [7, 11) is 0. The number of halogens is 1. The molecule has 1 aliphatic rings. The molecule has 0 atom stereocenters. The zero-order valence-corrected chi connectivity index (χ0v) is 6.39. The fraction of sp³-hybridized carbons (Fsp3) is 1.00. The van der Waals surface area contributed by atoms with Crippen molar-refractivity contribution in [1.29, 1.82) is 0 Å². The quantitative estimate of drug-likeness (QED) is 0.514. The van der Waals surface area contributed by atoms with Crippen molar-refractivity contribution in [2.75, 3.05) is 0 Å². The molecule has 0 amide bonds. The van der Waals surface area contributed by atoms with Gasteiger partial charge < -0.3 is 0 Å². The van der Waals surface area contributed by atoms with E-state index < -0.39 is 0 Å². The molecule has 1 aliphatic carbocycles. The molecule has 0 radical (unpaired) electrons. The summed E-state index contributed by atoms with van der Waals surface area (Å²) in [5.74, 6) is 2.01. The summed E-state index contributed by atoms with van der Waals surface area (Å²) < 4.78 is 0. The molecule has 0 bridgehead atoms. The van der Waals surface area contributed by atoms with E-state index in [0.717, 1.165) is 11.8 Å². The smallest absolute Gasteiger partial charge is 0.0391 e. The third kappa shape index (κ3) is 2.33. The van der Waals surface area contributed by atoms with Crippen molar-refractivity contribution >= 4 is 0 Å². The minimum atomic E-state index is 0. The van der Waals surface area contributed by atoms with Crippen molar-refractivity contribution < 1.29 is 4.70 Å². The van der Waals surface area contributed by atoms with Gasteiger partial charge in [0.2, 0.25) is 0 Å². The van der Waals surface area contributed by atoms with Crippen LogP contribution in [0.15, 0.2) is 0 Å². The molecule has 1 saturated carbocycles. The van der Waals surface area contributed by atoms with Crippen molar-refractivity contribution in [3.8, 4) is 0 Å². The van der Waals surface area contributed by atoms with Crippen molar-refractivity contribution in [1.82, 2.24) is 0 Å². The molecule has 0 heterocycles. The molecule has 1 heteroatoms. The van der Waals surface area contributed by atoms with E-state index in [2.05, 4.69) is 13.8 Å². The molecule has 0 spiro atoms. The van der Waals surface area contributed by atoms with Gasteiger partial charge >= 0.3 is 0 Å². The fourth-order valence-corrected chi connectivity index (χ4v) is 1.62. The van der Waals surface area contributed by atoms with E-state index in [4.69, 9.17) is 0 Å². The van der Waals surface area contributed by atoms with Crippen LogP contribution in [0.2, 0.25) is 0 Å². The van der Waals surface area contributed by atoms with E-state index in [-0.39, 0.29) is 4.70 Å². The van der Waals surface area contributed by atoms with Gasteiger partial charge in [-0.25, -0.2) is 0 Å². The van der Waals surface area contributed by atoms with Crippen LogP contribution in [-0.4, -0.2) is 0 Å². The van der Waals surface area contributed by atoms with Gasteiger partial charge in [-0.3, -0.25) is 4.70 Å². The summed E-state index contributed by atoms with van der Waals surface area (Å²) in [6, 6.07) is 0. The highest BCUT2D eigenvalue weighted by Crippen LogP contribution is 2.30. The molecule has 0 unspecified atom stereocenters. The molecule has 1 rings (SSSR count). The summed E-state index contributed by atoms with van der Waals surface area (Å²) >= 11 is 0. The van der Waals surface area contributed by atoms with Gasteiger partial charge in [-0.1, -0.05) is 39.5 Å². The molecule has 0 N–H and O–H groups in total. The summed E-state index contributed by atoms with van der Waals surface area (Å²) in [6.07, 6.45) is 5.97. The van der Waals surface area contributed by atoms with Gasteiger partial charge in [0.05, 0.1) is 0 Å². The maximum absolute atomic E-state index is 2.34. The summed E-state index contributed by atoms with van der Waals surface area (Å²) in [5.41, 5.74) is 0. The number of hydrogen-bond acceptors (Lipinski definition) is 0. The summed E-state index contributed by atoms with van der Waals surface area (Å²) in [4.78, 5) is 0.